The van der Waals surface area contributed by atoms with Crippen LogP contribution >= 0.6 is 24.0 Å². The van der Waals surface area contributed by atoms with Crippen molar-refractivity contribution in [1.82, 2.24) is 5.43 Å². The topological polar surface area (TPSA) is 55.1 Å². The lowest BCUT2D eigenvalue weighted by Gasteiger charge is -1.91. The molecule has 0 saturated heterocycles. The third-order valence-electron chi connectivity index (χ3n) is 1.17. The van der Waals surface area contributed by atoms with Crippen LogP contribution in [0.15, 0.2) is 12.1 Å². The van der Waals surface area contributed by atoms with Crippen LogP contribution in [0, 0.1) is 0 Å². The number of hydrazine groups is 1. The molecule has 0 atom stereocenters. The van der Waals surface area contributed by atoms with Crippen LogP contribution in [0.4, 0.5) is 0 Å². The molecule has 0 aliphatic heterocycles. The van der Waals surface area contributed by atoms with E-state index in [1.807, 2.05) is 6.07 Å². The van der Waals surface area contributed by atoms with Crippen molar-refractivity contribution >= 4 is 29.9 Å². The summed E-state index contributed by atoms with van der Waals surface area (Å²) < 4.78 is 0. The molecule has 0 fully saturated rings. The summed E-state index contributed by atoms with van der Waals surface area (Å²) in [5.74, 6) is 5.35. The summed E-state index contributed by atoms with van der Waals surface area (Å²) >= 11 is 5.47. The Balaban J connectivity index is 2.80. The van der Waals surface area contributed by atoms with Crippen molar-refractivity contribution in [1.29, 1.82) is 0 Å². The maximum Gasteiger partial charge on any atom is 0.275 e. The SMILES string of the molecule is NNC(=O)c1ccc(CS)s1. The van der Waals surface area contributed by atoms with Crippen LogP contribution in [0.25, 0.3) is 0 Å². The highest BCUT2D eigenvalue weighted by molar-refractivity contribution is 7.79. The molecule has 1 amide bonds. The van der Waals surface area contributed by atoms with E-state index in [-0.39, 0.29) is 5.91 Å². The first-order valence-corrected chi connectivity index (χ1v) is 4.43. The van der Waals surface area contributed by atoms with Crippen molar-refractivity contribution in [3.05, 3.63) is 21.9 Å². The Morgan fingerprint density at radius 3 is 2.91 bits per heavy atom. The van der Waals surface area contributed by atoms with Crippen LogP contribution in [0.5, 0.6) is 0 Å². The molecule has 0 bridgehead atoms. The Morgan fingerprint density at radius 1 is 1.73 bits per heavy atom. The number of hydrogen-bond acceptors (Lipinski definition) is 4. The number of nitrogens with two attached hydrogens (primary N) is 1. The predicted octanol–water partition coefficient (Wildman–Crippen LogP) is 0.781. The van der Waals surface area contributed by atoms with Gasteiger partial charge in [-0.2, -0.15) is 12.6 Å². The van der Waals surface area contributed by atoms with Crippen molar-refractivity contribution in [3.8, 4) is 0 Å². The van der Waals surface area contributed by atoms with Gasteiger partial charge in [-0.25, -0.2) is 5.84 Å². The quantitative estimate of drug-likeness (QED) is 0.278. The highest BCUT2D eigenvalue weighted by atomic mass is 32.1. The van der Waals surface area contributed by atoms with E-state index in [1.54, 1.807) is 6.07 Å². The van der Waals surface area contributed by atoms with Crippen LogP contribution in [0.2, 0.25) is 0 Å². The van der Waals surface area contributed by atoms with Gasteiger partial charge < -0.3 is 0 Å². The molecule has 5 heteroatoms. The first-order valence-electron chi connectivity index (χ1n) is 2.98. The average Bonchev–Trinajstić information content (AvgIpc) is 2.50. The van der Waals surface area contributed by atoms with Crippen molar-refractivity contribution in [2.24, 2.45) is 5.84 Å². The average molecular weight is 188 g/mol. The zero-order valence-corrected chi connectivity index (χ0v) is 7.41. The molecule has 0 unspecified atom stereocenters. The largest absolute Gasteiger partial charge is 0.289 e. The summed E-state index contributed by atoms with van der Waals surface area (Å²) in [5, 5.41) is 0. The van der Waals surface area contributed by atoms with Crippen LogP contribution < -0.4 is 11.3 Å². The summed E-state index contributed by atoms with van der Waals surface area (Å²) in [4.78, 5) is 12.6. The molecular formula is C6H8N2OS2. The number of carbonyl (C=O) groups excluding carboxylic acids is 1. The number of thiophene rings is 1. The number of amides is 1. The Bertz CT molecular complexity index is 259. The van der Waals surface area contributed by atoms with E-state index in [4.69, 9.17) is 5.84 Å². The monoisotopic (exact) mass is 188 g/mol. The Kier molecular flexibility index (Phi) is 2.92. The third kappa shape index (κ3) is 1.95. The van der Waals surface area contributed by atoms with Crippen molar-refractivity contribution in [2.45, 2.75) is 5.75 Å². The van der Waals surface area contributed by atoms with Gasteiger partial charge in [-0.1, -0.05) is 0 Å². The molecule has 3 N–H and O–H groups in total. The van der Waals surface area contributed by atoms with E-state index in [2.05, 4.69) is 18.1 Å². The Hall–Kier alpha value is -0.520. The van der Waals surface area contributed by atoms with Crippen molar-refractivity contribution in [2.75, 3.05) is 0 Å². The first-order chi connectivity index (χ1) is 5.27. The third-order valence-corrected chi connectivity index (χ3v) is 2.81. The zero-order valence-electron chi connectivity index (χ0n) is 5.70. The fourth-order valence-electron chi connectivity index (χ4n) is 0.656. The fraction of sp³-hybridized carbons (Fsp3) is 0.167. The smallest absolute Gasteiger partial charge is 0.275 e. The van der Waals surface area contributed by atoms with Gasteiger partial charge in [0.1, 0.15) is 0 Å². The maximum atomic E-state index is 10.9. The van der Waals surface area contributed by atoms with E-state index in [0.717, 1.165) is 4.88 Å². The van der Waals surface area contributed by atoms with Crippen LogP contribution in [0.3, 0.4) is 0 Å². The minimum atomic E-state index is -0.247. The second-order valence-electron chi connectivity index (χ2n) is 1.90. The number of thiol groups is 1. The molecule has 0 spiro atoms. The normalized spacial score (nSPS) is 9.64. The van der Waals surface area contributed by atoms with E-state index in [9.17, 15) is 4.79 Å². The van der Waals surface area contributed by atoms with E-state index < -0.39 is 0 Å². The Labute approximate surface area is 74.0 Å². The lowest BCUT2D eigenvalue weighted by Crippen LogP contribution is -2.29. The predicted molar refractivity (Wildman–Crippen MR) is 48.7 cm³/mol. The van der Waals surface area contributed by atoms with E-state index in [1.165, 1.54) is 11.3 Å². The van der Waals surface area contributed by atoms with Crippen molar-refractivity contribution < 1.29 is 4.79 Å². The highest BCUT2D eigenvalue weighted by Crippen LogP contribution is 2.17. The lowest BCUT2D eigenvalue weighted by atomic mass is 10.4. The second kappa shape index (κ2) is 3.75. The van der Waals surface area contributed by atoms with Gasteiger partial charge in [0.15, 0.2) is 0 Å². The Morgan fingerprint density at radius 2 is 2.45 bits per heavy atom. The van der Waals surface area contributed by atoms with Gasteiger partial charge in [-0.3, -0.25) is 10.2 Å². The van der Waals surface area contributed by atoms with Gasteiger partial charge in [0, 0.05) is 10.6 Å². The van der Waals surface area contributed by atoms with Gasteiger partial charge in [0.25, 0.3) is 5.91 Å². The number of rotatable bonds is 2. The molecule has 1 heterocycles. The molecule has 11 heavy (non-hydrogen) atoms. The van der Waals surface area contributed by atoms with Gasteiger partial charge in [-0.05, 0) is 12.1 Å². The fourth-order valence-corrected chi connectivity index (χ4v) is 1.73. The number of nitrogen functional groups attached to an aromatic ring is 1. The van der Waals surface area contributed by atoms with Crippen LogP contribution in [-0.2, 0) is 5.75 Å². The molecule has 0 aromatic carbocycles. The summed E-state index contributed by atoms with van der Waals surface area (Å²) in [6.45, 7) is 0. The maximum absolute atomic E-state index is 10.9. The first kappa shape index (κ1) is 8.58. The van der Waals surface area contributed by atoms with Crippen LogP contribution in [0.1, 0.15) is 14.5 Å². The van der Waals surface area contributed by atoms with Gasteiger partial charge in [0.05, 0.1) is 4.88 Å². The number of hydrogen-bond donors (Lipinski definition) is 3. The molecule has 1 rings (SSSR count). The molecule has 1 aromatic rings. The molecule has 0 saturated carbocycles. The highest BCUT2D eigenvalue weighted by Gasteiger charge is 2.05. The minimum absolute atomic E-state index is 0.247. The van der Waals surface area contributed by atoms with Gasteiger partial charge in [-0.15, -0.1) is 11.3 Å². The lowest BCUT2D eigenvalue weighted by molar-refractivity contribution is 0.0957. The number of nitrogens with one attached hydrogen (secondary N) is 1. The van der Waals surface area contributed by atoms with E-state index >= 15 is 0 Å². The molecule has 3 nitrogen and oxygen atoms in total. The van der Waals surface area contributed by atoms with Crippen molar-refractivity contribution in [3.63, 3.8) is 0 Å². The van der Waals surface area contributed by atoms with E-state index in [0.29, 0.717) is 10.6 Å². The van der Waals surface area contributed by atoms with Gasteiger partial charge in [0.2, 0.25) is 0 Å². The minimum Gasteiger partial charge on any atom is -0.289 e. The zero-order chi connectivity index (χ0) is 8.27. The van der Waals surface area contributed by atoms with Gasteiger partial charge >= 0.3 is 0 Å². The second-order valence-corrected chi connectivity index (χ2v) is 3.38. The number of carbonyl (C=O) groups is 1. The molecular weight excluding hydrogens is 180 g/mol. The molecule has 0 aliphatic carbocycles. The molecule has 1 aromatic heterocycles. The molecule has 60 valence electrons. The molecule has 0 aliphatic rings. The molecule has 0 radical (unpaired) electrons. The summed E-state index contributed by atoms with van der Waals surface area (Å²) in [5.41, 5.74) is 2.07. The standard InChI is InChI=1S/C6H8N2OS2/c7-8-6(9)5-2-1-4(3-10)11-5/h1-2,10H,3,7H2,(H,8,9). The summed E-state index contributed by atoms with van der Waals surface area (Å²) in [7, 11) is 0. The van der Waals surface area contributed by atoms with Crippen LogP contribution in [-0.4, -0.2) is 5.91 Å². The summed E-state index contributed by atoms with van der Waals surface area (Å²) in [6, 6.07) is 3.60. The summed E-state index contributed by atoms with van der Waals surface area (Å²) in [6.07, 6.45) is 0.